The topological polar surface area (TPSA) is 155 Å². The summed E-state index contributed by atoms with van der Waals surface area (Å²) in [6, 6.07) is 12.4. The molecule has 1 unspecified atom stereocenters. The Kier molecular flexibility index (Phi) is 11.1. The number of amides is 2. The summed E-state index contributed by atoms with van der Waals surface area (Å²) in [5.41, 5.74) is 2.17. The standard InChI is InChI=1S/C35H45N5O8S/c1-6-8-14-31-36-35(17-11-18-38(22-35)34(42)43)33(41)39(31)20-26-15-16-28(27(19-26)21-47-7-2)29-12-9-10-13-30(29)49(44,45)40(23-46-5)32-24(3)25(4)48-37-32/h9-10,12-13,15-16,19H,6-8,11,14,17-18,20-23H2,1-5H3,(H,42,43). The first-order valence-electron chi connectivity index (χ1n) is 16.6. The molecule has 2 aromatic carbocycles. The number of ether oxygens (including phenoxy) is 2. The Balaban J connectivity index is 1.52. The number of rotatable bonds is 14. The van der Waals surface area contributed by atoms with Crippen molar-refractivity contribution in [3.05, 3.63) is 64.9 Å². The molecule has 14 heteroatoms. The zero-order chi connectivity index (χ0) is 35.3. The summed E-state index contributed by atoms with van der Waals surface area (Å²) >= 11 is 0. The Hall–Kier alpha value is -4.27. The van der Waals surface area contributed by atoms with Gasteiger partial charge in [-0.3, -0.25) is 14.7 Å². The number of hydrogen-bond donors (Lipinski definition) is 1. The zero-order valence-electron chi connectivity index (χ0n) is 28.8. The van der Waals surface area contributed by atoms with Crippen LogP contribution < -0.4 is 4.31 Å². The highest BCUT2D eigenvalue weighted by Gasteiger charge is 2.51. The lowest BCUT2D eigenvalue weighted by atomic mass is 9.89. The number of hydrogen-bond acceptors (Lipinski definition) is 9. The van der Waals surface area contributed by atoms with Crippen LogP contribution in [0.3, 0.4) is 0 Å². The van der Waals surface area contributed by atoms with E-state index in [0.717, 1.165) is 28.3 Å². The Morgan fingerprint density at radius 3 is 2.59 bits per heavy atom. The fourth-order valence-electron chi connectivity index (χ4n) is 6.43. The fraction of sp³-hybridized carbons (Fsp3) is 0.486. The van der Waals surface area contributed by atoms with Crippen molar-refractivity contribution in [1.29, 1.82) is 0 Å². The van der Waals surface area contributed by atoms with E-state index in [0.29, 0.717) is 60.7 Å². The van der Waals surface area contributed by atoms with E-state index >= 15 is 0 Å². The van der Waals surface area contributed by atoms with E-state index < -0.39 is 21.7 Å². The van der Waals surface area contributed by atoms with Gasteiger partial charge in [-0.05, 0) is 62.8 Å². The van der Waals surface area contributed by atoms with Crippen LogP contribution in [-0.2, 0) is 37.4 Å². The Morgan fingerprint density at radius 2 is 1.92 bits per heavy atom. The number of sulfonamides is 1. The summed E-state index contributed by atoms with van der Waals surface area (Å²) < 4.78 is 46.2. The normalized spacial score (nSPS) is 18.0. The second-order valence-corrected chi connectivity index (χ2v) is 14.3. The molecule has 13 nitrogen and oxygen atoms in total. The number of unbranched alkanes of at least 4 members (excludes halogenated alkanes) is 1. The van der Waals surface area contributed by atoms with Crippen molar-refractivity contribution in [1.82, 2.24) is 15.0 Å². The molecule has 0 aliphatic carbocycles. The molecule has 2 amide bonds. The lowest BCUT2D eigenvalue weighted by molar-refractivity contribution is -0.133. The minimum absolute atomic E-state index is 0.0423. The van der Waals surface area contributed by atoms with Gasteiger partial charge in [-0.25, -0.2) is 17.5 Å². The molecule has 3 heterocycles. The number of piperidine rings is 1. The van der Waals surface area contributed by atoms with Crippen molar-refractivity contribution in [2.75, 3.05) is 37.8 Å². The highest BCUT2D eigenvalue weighted by Crippen LogP contribution is 2.37. The number of benzene rings is 2. The molecule has 1 N–H and O–H groups in total. The number of carbonyl (C=O) groups is 2. The summed E-state index contributed by atoms with van der Waals surface area (Å²) in [6.07, 6.45) is 2.37. The van der Waals surface area contributed by atoms with E-state index in [9.17, 15) is 23.1 Å². The van der Waals surface area contributed by atoms with Gasteiger partial charge in [0.2, 0.25) is 0 Å². The first-order valence-corrected chi connectivity index (χ1v) is 18.0. The van der Waals surface area contributed by atoms with Gasteiger partial charge in [0, 0.05) is 37.8 Å². The third-order valence-corrected chi connectivity index (χ3v) is 10.9. The molecule has 49 heavy (non-hydrogen) atoms. The summed E-state index contributed by atoms with van der Waals surface area (Å²) in [4.78, 5) is 33.9. The average Bonchev–Trinajstić information content (AvgIpc) is 3.55. The number of aryl methyl sites for hydroxylation is 1. The van der Waals surface area contributed by atoms with Crippen LogP contribution in [-0.4, -0.2) is 85.4 Å². The largest absolute Gasteiger partial charge is 0.465 e. The number of anilines is 1. The second kappa shape index (κ2) is 15.1. The van der Waals surface area contributed by atoms with E-state index in [1.165, 1.54) is 12.0 Å². The molecular formula is C35H45N5O8S. The van der Waals surface area contributed by atoms with Gasteiger partial charge in [-0.1, -0.05) is 54.9 Å². The molecule has 1 aromatic heterocycles. The zero-order valence-corrected chi connectivity index (χ0v) is 29.6. The number of carbonyl (C=O) groups excluding carboxylic acids is 1. The molecule has 0 saturated carbocycles. The Labute approximate surface area is 287 Å². The molecule has 2 aliphatic rings. The monoisotopic (exact) mass is 695 g/mol. The van der Waals surface area contributed by atoms with Gasteiger partial charge in [-0.15, -0.1) is 0 Å². The van der Waals surface area contributed by atoms with E-state index in [-0.39, 0.29) is 43.0 Å². The Bertz CT molecular complexity index is 1820. The lowest BCUT2D eigenvalue weighted by Gasteiger charge is -2.35. The summed E-state index contributed by atoms with van der Waals surface area (Å²) in [7, 11) is -2.78. The van der Waals surface area contributed by atoms with Crippen LogP contribution in [0.5, 0.6) is 0 Å². The summed E-state index contributed by atoms with van der Waals surface area (Å²) in [5.74, 6) is 1.13. The number of amidine groups is 1. The molecular weight excluding hydrogens is 650 g/mol. The van der Waals surface area contributed by atoms with E-state index in [1.54, 1.807) is 43.0 Å². The van der Waals surface area contributed by atoms with Crippen LogP contribution in [0, 0.1) is 13.8 Å². The summed E-state index contributed by atoms with van der Waals surface area (Å²) in [6.45, 7) is 8.45. The van der Waals surface area contributed by atoms with E-state index in [1.807, 2.05) is 25.1 Å². The third kappa shape index (κ3) is 7.22. The molecule has 5 rings (SSSR count). The van der Waals surface area contributed by atoms with Crippen LogP contribution in [0.25, 0.3) is 11.1 Å². The van der Waals surface area contributed by atoms with Crippen LogP contribution in [0.4, 0.5) is 10.6 Å². The Morgan fingerprint density at radius 1 is 1.14 bits per heavy atom. The van der Waals surface area contributed by atoms with Gasteiger partial charge >= 0.3 is 6.09 Å². The average molecular weight is 696 g/mol. The van der Waals surface area contributed by atoms with Crippen LogP contribution >= 0.6 is 0 Å². The predicted octanol–water partition coefficient (Wildman–Crippen LogP) is 5.74. The number of nitrogens with zero attached hydrogens (tertiary/aromatic N) is 5. The van der Waals surface area contributed by atoms with Gasteiger partial charge in [0.25, 0.3) is 15.9 Å². The molecule has 1 saturated heterocycles. The molecule has 1 atom stereocenters. The maximum absolute atomic E-state index is 14.3. The molecule has 264 valence electrons. The van der Waals surface area contributed by atoms with Crippen LogP contribution in [0.15, 0.2) is 56.9 Å². The van der Waals surface area contributed by atoms with Gasteiger partial charge < -0.3 is 24.0 Å². The van der Waals surface area contributed by atoms with Gasteiger partial charge in [0.05, 0.1) is 24.6 Å². The number of likely N-dealkylation sites (tertiary alicyclic amines) is 1. The first-order chi connectivity index (χ1) is 23.5. The highest BCUT2D eigenvalue weighted by atomic mass is 32.2. The van der Waals surface area contributed by atoms with Crippen molar-refractivity contribution in [3.63, 3.8) is 0 Å². The minimum atomic E-state index is -4.19. The number of methoxy groups -OCH3 is 1. The molecule has 1 fully saturated rings. The van der Waals surface area contributed by atoms with E-state index in [2.05, 4.69) is 12.1 Å². The number of aliphatic imine (C=N–C) groups is 1. The van der Waals surface area contributed by atoms with Crippen molar-refractivity contribution < 1.29 is 37.1 Å². The third-order valence-electron chi connectivity index (χ3n) is 9.13. The van der Waals surface area contributed by atoms with Gasteiger partial charge in [0.15, 0.2) is 11.4 Å². The van der Waals surface area contributed by atoms with Crippen LogP contribution in [0.1, 0.15) is 68.4 Å². The number of carboxylic acid groups (broad SMARTS) is 1. The predicted molar refractivity (Wildman–Crippen MR) is 184 cm³/mol. The van der Waals surface area contributed by atoms with Gasteiger partial charge in [-0.2, -0.15) is 0 Å². The quantitative estimate of drug-likeness (QED) is 0.208. The van der Waals surface area contributed by atoms with Crippen LogP contribution in [0.2, 0.25) is 0 Å². The maximum atomic E-state index is 14.3. The first kappa shape index (κ1) is 36.0. The second-order valence-electron chi connectivity index (χ2n) is 12.4. The summed E-state index contributed by atoms with van der Waals surface area (Å²) in [5, 5.41) is 13.7. The van der Waals surface area contributed by atoms with Crippen molar-refractivity contribution in [3.8, 4) is 11.1 Å². The number of aromatic nitrogens is 1. The molecule has 0 radical (unpaired) electrons. The molecule has 2 aliphatic heterocycles. The van der Waals surface area contributed by atoms with Crippen molar-refractivity contribution in [2.45, 2.75) is 83.4 Å². The lowest BCUT2D eigenvalue weighted by Crippen LogP contribution is -2.54. The molecule has 3 aromatic rings. The van der Waals surface area contributed by atoms with Crippen molar-refractivity contribution >= 4 is 33.7 Å². The molecule has 0 bridgehead atoms. The van der Waals surface area contributed by atoms with Crippen molar-refractivity contribution in [2.24, 2.45) is 4.99 Å². The molecule has 1 spiro atoms. The smallest absolute Gasteiger partial charge is 0.407 e. The minimum Gasteiger partial charge on any atom is -0.465 e. The highest BCUT2D eigenvalue weighted by molar-refractivity contribution is 7.93. The van der Waals surface area contributed by atoms with E-state index in [4.69, 9.17) is 19.0 Å². The van der Waals surface area contributed by atoms with Gasteiger partial charge in [0.1, 0.15) is 18.3 Å². The fourth-order valence-corrected chi connectivity index (χ4v) is 8.02. The SMILES string of the molecule is CCCCC1=NC2(CCCN(C(=O)O)C2)C(=O)N1Cc1ccc(-c2ccccc2S(=O)(=O)N(COC)c2noc(C)c2C)c(COCC)c1. The maximum Gasteiger partial charge on any atom is 0.407 e.